The molecule has 0 atom stereocenters. The second-order valence-electron chi connectivity index (χ2n) is 6.79. The molecule has 0 fully saturated rings. The van der Waals surface area contributed by atoms with Gasteiger partial charge in [0.1, 0.15) is 23.0 Å². The molecule has 1 aliphatic heterocycles. The SMILES string of the molecule is Cc1cc(C)c(B2c3ccc(O)cc3Oc3ccc(O)cc32)c(C)c1. The number of hydrogen-bond acceptors (Lipinski definition) is 3. The largest absolute Gasteiger partial charge is 0.508 e. The van der Waals surface area contributed by atoms with E-state index in [0.29, 0.717) is 11.5 Å². The fourth-order valence-corrected chi connectivity index (χ4v) is 3.95. The van der Waals surface area contributed by atoms with Crippen molar-refractivity contribution in [2.45, 2.75) is 20.8 Å². The Kier molecular flexibility index (Phi) is 3.50. The van der Waals surface area contributed by atoms with Gasteiger partial charge < -0.3 is 14.9 Å². The van der Waals surface area contributed by atoms with Crippen LogP contribution in [0.1, 0.15) is 16.7 Å². The van der Waals surface area contributed by atoms with E-state index in [4.69, 9.17) is 4.74 Å². The molecule has 3 nitrogen and oxygen atoms in total. The van der Waals surface area contributed by atoms with Crippen LogP contribution in [0.4, 0.5) is 0 Å². The monoisotopic (exact) mass is 330 g/mol. The molecule has 4 heteroatoms. The number of aromatic hydroxyl groups is 2. The van der Waals surface area contributed by atoms with Crippen molar-refractivity contribution < 1.29 is 14.9 Å². The number of fused-ring (bicyclic) bond motifs is 2. The van der Waals surface area contributed by atoms with E-state index in [2.05, 4.69) is 32.9 Å². The molecule has 1 aliphatic rings. The first-order chi connectivity index (χ1) is 11.9. The Morgan fingerprint density at radius 3 is 2.08 bits per heavy atom. The zero-order valence-electron chi connectivity index (χ0n) is 14.5. The number of ether oxygens (including phenoxy) is 1. The van der Waals surface area contributed by atoms with Gasteiger partial charge in [0.2, 0.25) is 0 Å². The minimum Gasteiger partial charge on any atom is -0.508 e. The van der Waals surface area contributed by atoms with Crippen molar-refractivity contribution in [3.8, 4) is 23.0 Å². The van der Waals surface area contributed by atoms with Gasteiger partial charge in [-0.1, -0.05) is 40.4 Å². The molecule has 0 radical (unpaired) electrons. The first-order valence-electron chi connectivity index (χ1n) is 8.35. The zero-order valence-corrected chi connectivity index (χ0v) is 14.5. The van der Waals surface area contributed by atoms with Crippen LogP contribution in [-0.2, 0) is 0 Å². The Morgan fingerprint density at radius 2 is 1.36 bits per heavy atom. The van der Waals surface area contributed by atoms with Gasteiger partial charge in [0.05, 0.1) is 0 Å². The normalized spacial score (nSPS) is 12.4. The maximum atomic E-state index is 10.0. The van der Waals surface area contributed by atoms with Gasteiger partial charge in [-0.25, -0.2) is 0 Å². The van der Waals surface area contributed by atoms with Crippen LogP contribution in [0, 0.1) is 20.8 Å². The molecule has 0 bridgehead atoms. The van der Waals surface area contributed by atoms with Crippen molar-refractivity contribution >= 4 is 23.1 Å². The highest BCUT2D eigenvalue weighted by molar-refractivity contribution is 6.97. The van der Waals surface area contributed by atoms with Crippen molar-refractivity contribution in [1.29, 1.82) is 0 Å². The number of rotatable bonds is 1. The quantitative estimate of drug-likeness (QED) is 0.528. The van der Waals surface area contributed by atoms with Gasteiger partial charge in [0.15, 0.2) is 0 Å². The second-order valence-corrected chi connectivity index (χ2v) is 6.79. The summed E-state index contributed by atoms with van der Waals surface area (Å²) >= 11 is 0. The molecule has 124 valence electrons. The van der Waals surface area contributed by atoms with Crippen LogP contribution in [-0.4, -0.2) is 16.9 Å². The highest BCUT2D eigenvalue weighted by Gasteiger charge is 2.34. The topological polar surface area (TPSA) is 49.7 Å². The highest BCUT2D eigenvalue weighted by Crippen LogP contribution is 2.29. The van der Waals surface area contributed by atoms with Gasteiger partial charge in [-0.3, -0.25) is 0 Å². The summed E-state index contributed by atoms with van der Waals surface area (Å²) in [6, 6.07) is 14.8. The second kappa shape index (κ2) is 5.59. The third kappa shape index (κ3) is 2.54. The van der Waals surface area contributed by atoms with Gasteiger partial charge in [-0.05, 0) is 56.0 Å². The molecule has 3 aromatic carbocycles. The van der Waals surface area contributed by atoms with Crippen LogP contribution < -0.4 is 21.1 Å². The molecule has 0 aliphatic carbocycles. The molecule has 0 unspecified atom stereocenters. The van der Waals surface area contributed by atoms with Crippen molar-refractivity contribution in [2.75, 3.05) is 0 Å². The van der Waals surface area contributed by atoms with Gasteiger partial charge in [0, 0.05) is 6.07 Å². The fraction of sp³-hybridized carbons (Fsp3) is 0.143. The van der Waals surface area contributed by atoms with E-state index in [1.165, 1.54) is 22.2 Å². The van der Waals surface area contributed by atoms with Gasteiger partial charge in [-0.2, -0.15) is 0 Å². The number of benzene rings is 3. The van der Waals surface area contributed by atoms with E-state index in [1.54, 1.807) is 30.3 Å². The van der Waals surface area contributed by atoms with Crippen molar-refractivity contribution in [3.05, 3.63) is 65.2 Å². The summed E-state index contributed by atoms with van der Waals surface area (Å²) in [6.45, 7) is 6.28. The van der Waals surface area contributed by atoms with Crippen LogP contribution >= 0.6 is 0 Å². The molecule has 0 spiro atoms. The number of phenols is 2. The molecule has 0 saturated heterocycles. The van der Waals surface area contributed by atoms with Crippen LogP contribution in [0.2, 0.25) is 0 Å². The summed E-state index contributed by atoms with van der Waals surface area (Å²) in [5.41, 5.74) is 6.79. The van der Waals surface area contributed by atoms with E-state index in [-0.39, 0.29) is 18.2 Å². The first kappa shape index (κ1) is 15.6. The molecule has 25 heavy (non-hydrogen) atoms. The molecule has 0 aromatic heterocycles. The molecule has 1 heterocycles. The average Bonchev–Trinajstić information content (AvgIpc) is 2.53. The van der Waals surface area contributed by atoms with Gasteiger partial charge in [0.25, 0.3) is 6.71 Å². The summed E-state index contributed by atoms with van der Waals surface area (Å²) in [6.07, 6.45) is 0. The minimum atomic E-state index is -0.0490. The molecule has 0 saturated carbocycles. The lowest BCUT2D eigenvalue weighted by molar-refractivity contribution is 0.454. The molecular formula is C21H19BO3. The minimum absolute atomic E-state index is 0.0490. The first-order valence-corrected chi connectivity index (χ1v) is 8.35. The summed E-state index contributed by atoms with van der Waals surface area (Å²) < 4.78 is 6.00. The predicted molar refractivity (Wildman–Crippen MR) is 102 cm³/mol. The van der Waals surface area contributed by atoms with E-state index in [9.17, 15) is 10.2 Å². The Hall–Kier alpha value is -2.88. The van der Waals surface area contributed by atoms with Gasteiger partial charge >= 0.3 is 0 Å². The smallest absolute Gasteiger partial charge is 0.251 e. The number of phenolic OH excluding ortho intramolecular Hbond substituents is 2. The van der Waals surface area contributed by atoms with Crippen LogP contribution in [0.5, 0.6) is 23.0 Å². The maximum absolute atomic E-state index is 10.0. The molecule has 0 amide bonds. The Labute approximate surface area is 147 Å². The fourth-order valence-electron chi connectivity index (χ4n) is 3.95. The van der Waals surface area contributed by atoms with E-state index in [0.717, 1.165) is 10.9 Å². The van der Waals surface area contributed by atoms with E-state index >= 15 is 0 Å². The highest BCUT2D eigenvalue weighted by atomic mass is 16.5. The van der Waals surface area contributed by atoms with E-state index in [1.807, 2.05) is 6.07 Å². The zero-order chi connectivity index (χ0) is 17.7. The summed E-state index contributed by atoms with van der Waals surface area (Å²) in [7, 11) is 0. The number of hydrogen-bond donors (Lipinski definition) is 2. The van der Waals surface area contributed by atoms with Gasteiger partial charge in [-0.15, -0.1) is 0 Å². The van der Waals surface area contributed by atoms with Crippen molar-refractivity contribution in [1.82, 2.24) is 0 Å². The van der Waals surface area contributed by atoms with Crippen LogP contribution in [0.3, 0.4) is 0 Å². The number of aryl methyl sites for hydroxylation is 3. The Balaban J connectivity index is 2.04. The van der Waals surface area contributed by atoms with Crippen molar-refractivity contribution in [2.24, 2.45) is 0 Å². The summed E-state index contributed by atoms with van der Waals surface area (Å²) in [4.78, 5) is 0. The standard InChI is InChI=1S/C21H19BO3/c1-12-8-13(2)21(14(3)9-12)22-17-6-4-16(24)11-20(17)25-19-7-5-15(23)10-18(19)22/h4-11,23-24H,1-3H3. The Morgan fingerprint density at radius 1 is 0.720 bits per heavy atom. The lowest BCUT2D eigenvalue weighted by Crippen LogP contribution is -2.56. The van der Waals surface area contributed by atoms with Crippen molar-refractivity contribution in [3.63, 3.8) is 0 Å². The Bertz CT molecular complexity index is 971. The third-order valence-electron chi connectivity index (χ3n) is 4.86. The lowest BCUT2D eigenvalue weighted by Gasteiger charge is -2.29. The predicted octanol–water partition coefficient (Wildman–Crippen LogP) is 2.64. The maximum Gasteiger partial charge on any atom is 0.251 e. The molecule has 3 aromatic rings. The lowest BCUT2D eigenvalue weighted by atomic mass is 9.34. The van der Waals surface area contributed by atoms with E-state index < -0.39 is 0 Å². The molecule has 4 rings (SSSR count). The van der Waals surface area contributed by atoms with Crippen LogP contribution in [0.25, 0.3) is 0 Å². The average molecular weight is 330 g/mol. The molecular weight excluding hydrogens is 311 g/mol. The summed E-state index contributed by atoms with van der Waals surface area (Å²) in [5.74, 6) is 1.76. The van der Waals surface area contributed by atoms with Crippen LogP contribution in [0.15, 0.2) is 48.5 Å². The summed E-state index contributed by atoms with van der Waals surface area (Å²) in [5, 5.41) is 19.9. The third-order valence-corrected chi connectivity index (χ3v) is 4.86. The molecule has 2 N–H and O–H groups in total.